The van der Waals surface area contributed by atoms with E-state index in [4.69, 9.17) is 0 Å². The number of nitrogens with one attached hydrogen (secondary N) is 1. The Labute approximate surface area is 171 Å². The van der Waals surface area contributed by atoms with Crippen molar-refractivity contribution in [3.8, 4) is 11.3 Å². The summed E-state index contributed by atoms with van der Waals surface area (Å²) >= 11 is 4.52. The topological polar surface area (TPSA) is 54.9 Å². The van der Waals surface area contributed by atoms with Gasteiger partial charge >= 0.3 is 6.18 Å². The fourth-order valence-corrected chi connectivity index (χ4v) is 3.16. The lowest BCUT2D eigenvalue weighted by Gasteiger charge is -2.09. The molecule has 1 N–H and O–H groups in total. The van der Waals surface area contributed by atoms with Crippen LogP contribution in [0.1, 0.15) is 5.56 Å². The maximum Gasteiger partial charge on any atom is 0.416 e. The van der Waals surface area contributed by atoms with E-state index in [1.807, 2.05) is 24.3 Å². The zero-order chi connectivity index (χ0) is 20.1. The van der Waals surface area contributed by atoms with E-state index in [9.17, 15) is 18.0 Å². The van der Waals surface area contributed by atoms with Crippen LogP contribution >= 0.6 is 27.7 Å². The maximum absolute atomic E-state index is 12.7. The highest BCUT2D eigenvalue weighted by atomic mass is 79.9. The van der Waals surface area contributed by atoms with E-state index in [1.165, 1.54) is 12.1 Å². The van der Waals surface area contributed by atoms with Gasteiger partial charge in [0, 0.05) is 15.7 Å². The number of carbonyl (C=O) groups is 1. The van der Waals surface area contributed by atoms with Crippen molar-refractivity contribution in [1.82, 2.24) is 10.2 Å². The van der Waals surface area contributed by atoms with E-state index in [0.717, 1.165) is 33.9 Å². The molecule has 0 aliphatic rings. The van der Waals surface area contributed by atoms with Crippen molar-refractivity contribution in [2.45, 2.75) is 11.2 Å². The van der Waals surface area contributed by atoms with Gasteiger partial charge in [-0.3, -0.25) is 4.79 Å². The number of aromatic nitrogens is 2. The largest absolute Gasteiger partial charge is 0.416 e. The summed E-state index contributed by atoms with van der Waals surface area (Å²) in [7, 11) is 0. The van der Waals surface area contributed by atoms with E-state index in [2.05, 4.69) is 31.4 Å². The van der Waals surface area contributed by atoms with Gasteiger partial charge in [-0.15, -0.1) is 10.2 Å². The molecule has 1 aromatic heterocycles. The van der Waals surface area contributed by atoms with Crippen LogP contribution in [0.5, 0.6) is 0 Å². The highest BCUT2D eigenvalue weighted by Gasteiger charge is 2.30. The van der Waals surface area contributed by atoms with Crippen LogP contribution in [0.4, 0.5) is 18.9 Å². The first-order valence-corrected chi connectivity index (χ1v) is 9.79. The highest BCUT2D eigenvalue weighted by molar-refractivity contribution is 9.10. The molecule has 0 fully saturated rings. The number of halogens is 4. The molecule has 9 heteroatoms. The molecule has 4 nitrogen and oxygen atoms in total. The molecule has 3 aromatic rings. The smallest absolute Gasteiger partial charge is 0.325 e. The minimum Gasteiger partial charge on any atom is -0.325 e. The Morgan fingerprint density at radius 3 is 2.43 bits per heavy atom. The molecule has 3 rings (SSSR count). The van der Waals surface area contributed by atoms with E-state index in [1.54, 1.807) is 12.1 Å². The van der Waals surface area contributed by atoms with Crippen molar-refractivity contribution in [1.29, 1.82) is 0 Å². The lowest BCUT2D eigenvalue weighted by molar-refractivity contribution is -0.137. The molecule has 0 saturated heterocycles. The Morgan fingerprint density at radius 1 is 1.04 bits per heavy atom. The van der Waals surface area contributed by atoms with Crippen LogP contribution in [0, 0.1) is 0 Å². The Hall–Kier alpha value is -2.39. The number of carbonyl (C=O) groups excluding carboxylic acids is 1. The molecule has 0 bridgehead atoms. The number of hydrogen-bond donors (Lipinski definition) is 1. The molecule has 0 aliphatic carbocycles. The average molecular weight is 468 g/mol. The van der Waals surface area contributed by atoms with Gasteiger partial charge in [0.2, 0.25) is 5.91 Å². The Kier molecular flexibility index (Phi) is 6.35. The first kappa shape index (κ1) is 20.3. The molecule has 2 aromatic carbocycles. The second kappa shape index (κ2) is 8.74. The van der Waals surface area contributed by atoms with Crippen LogP contribution in [0.2, 0.25) is 0 Å². The van der Waals surface area contributed by atoms with Crippen molar-refractivity contribution in [3.63, 3.8) is 0 Å². The van der Waals surface area contributed by atoms with Gasteiger partial charge in [0.05, 0.1) is 17.0 Å². The minimum absolute atomic E-state index is 0.00254. The van der Waals surface area contributed by atoms with Crippen LogP contribution in [-0.4, -0.2) is 21.9 Å². The molecular formula is C19H13BrF3N3OS. The second-order valence-electron chi connectivity index (χ2n) is 5.68. The van der Waals surface area contributed by atoms with E-state index in [-0.39, 0.29) is 11.4 Å². The van der Waals surface area contributed by atoms with E-state index in [0.29, 0.717) is 10.7 Å². The van der Waals surface area contributed by atoms with Crippen LogP contribution in [0.3, 0.4) is 0 Å². The Morgan fingerprint density at radius 2 is 1.79 bits per heavy atom. The van der Waals surface area contributed by atoms with Crippen LogP contribution in [0.15, 0.2) is 70.2 Å². The summed E-state index contributed by atoms with van der Waals surface area (Å²) in [5.74, 6) is -0.425. The molecule has 0 atom stereocenters. The number of nitrogens with zero attached hydrogens (tertiary/aromatic N) is 2. The lowest BCUT2D eigenvalue weighted by atomic mass is 10.1. The summed E-state index contributed by atoms with van der Waals surface area (Å²) in [6, 6.07) is 15.7. The van der Waals surface area contributed by atoms with Crippen LogP contribution in [0.25, 0.3) is 11.3 Å². The van der Waals surface area contributed by atoms with Gasteiger partial charge in [0.1, 0.15) is 5.03 Å². The predicted octanol–water partition coefficient (Wildman–Crippen LogP) is 5.66. The van der Waals surface area contributed by atoms with Crippen molar-refractivity contribution < 1.29 is 18.0 Å². The number of anilines is 1. The summed E-state index contributed by atoms with van der Waals surface area (Å²) < 4.78 is 39.1. The number of thioether (sulfide) groups is 1. The molecule has 0 spiro atoms. The third-order valence-corrected chi connectivity index (χ3v) is 5.05. The van der Waals surface area contributed by atoms with Gasteiger partial charge in [0.15, 0.2) is 0 Å². The fraction of sp³-hybridized carbons (Fsp3) is 0.105. The number of amides is 1. The van der Waals surface area contributed by atoms with Gasteiger partial charge < -0.3 is 5.32 Å². The summed E-state index contributed by atoms with van der Waals surface area (Å²) in [6.07, 6.45) is -4.46. The average Bonchev–Trinajstić information content (AvgIpc) is 2.67. The molecule has 0 unspecified atom stereocenters. The van der Waals surface area contributed by atoms with E-state index >= 15 is 0 Å². The summed E-state index contributed by atoms with van der Waals surface area (Å²) in [5, 5.41) is 11.2. The SMILES string of the molecule is O=C(CSc1ccc(-c2ccc(Br)cc2)nn1)Nc1cccc(C(F)(F)F)c1. The zero-order valence-corrected chi connectivity index (χ0v) is 16.6. The molecule has 0 saturated carbocycles. The summed E-state index contributed by atoms with van der Waals surface area (Å²) in [6.45, 7) is 0. The Bertz CT molecular complexity index is 963. The molecule has 28 heavy (non-hydrogen) atoms. The molecule has 144 valence electrons. The van der Waals surface area contributed by atoms with Gasteiger partial charge in [-0.2, -0.15) is 13.2 Å². The fourth-order valence-electron chi connectivity index (χ4n) is 2.28. The number of hydrogen-bond acceptors (Lipinski definition) is 4. The third kappa shape index (κ3) is 5.56. The van der Waals surface area contributed by atoms with Crippen molar-refractivity contribution >= 4 is 39.3 Å². The zero-order valence-electron chi connectivity index (χ0n) is 14.2. The third-order valence-electron chi connectivity index (χ3n) is 3.60. The molecule has 0 aliphatic heterocycles. The van der Waals surface area contributed by atoms with Gasteiger partial charge in [-0.1, -0.05) is 45.9 Å². The van der Waals surface area contributed by atoms with Crippen molar-refractivity contribution in [3.05, 3.63) is 70.7 Å². The summed E-state index contributed by atoms with van der Waals surface area (Å²) in [4.78, 5) is 12.0. The number of benzene rings is 2. The van der Waals surface area contributed by atoms with Crippen LogP contribution in [-0.2, 0) is 11.0 Å². The monoisotopic (exact) mass is 467 g/mol. The molecule has 0 radical (unpaired) electrons. The van der Waals surface area contributed by atoms with Gasteiger partial charge in [-0.05, 0) is 42.5 Å². The van der Waals surface area contributed by atoms with E-state index < -0.39 is 17.6 Å². The van der Waals surface area contributed by atoms with Crippen LogP contribution < -0.4 is 5.32 Å². The molecular weight excluding hydrogens is 455 g/mol. The van der Waals surface area contributed by atoms with Crippen molar-refractivity contribution in [2.75, 3.05) is 11.1 Å². The van der Waals surface area contributed by atoms with Gasteiger partial charge in [0.25, 0.3) is 0 Å². The lowest BCUT2D eigenvalue weighted by Crippen LogP contribution is -2.15. The highest BCUT2D eigenvalue weighted by Crippen LogP contribution is 2.30. The maximum atomic E-state index is 12.7. The van der Waals surface area contributed by atoms with Gasteiger partial charge in [-0.25, -0.2) is 0 Å². The predicted molar refractivity (Wildman–Crippen MR) is 106 cm³/mol. The molecule has 1 heterocycles. The van der Waals surface area contributed by atoms with Crippen molar-refractivity contribution in [2.24, 2.45) is 0 Å². The quantitative estimate of drug-likeness (QED) is 0.492. The Balaban J connectivity index is 1.57. The summed E-state index contributed by atoms with van der Waals surface area (Å²) in [5.41, 5.74) is 0.893. The second-order valence-corrected chi connectivity index (χ2v) is 7.59. The minimum atomic E-state index is -4.46. The normalized spacial score (nSPS) is 11.3. The first-order valence-electron chi connectivity index (χ1n) is 8.01. The standard InChI is InChI=1S/C19H13BrF3N3OS/c20-14-6-4-12(5-7-14)16-8-9-18(26-25-16)28-11-17(27)24-15-3-1-2-13(10-15)19(21,22)23/h1-10H,11H2,(H,24,27). The number of alkyl halides is 3. The molecule has 1 amide bonds. The number of rotatable bonds is 5. The first-order chi connectivity index (χ1) is 13.3.